The highest BCUT2D eigenvalue weighted by Gasteiger charge is 2.45. The van der Waals surface area contributed by atoms with Crippen LogP contribution in [0.25, 0.3) is 0 Å². The fourth-order valence-electron chi connectivity index (χ4n) is 2.24. The Morgan fingerprint density at radius 2 is 2.20 bits per heavy atom. The third-order valence-corrected chi connectivity index (χ3v) is 3.31. The van der Waals surface area contributed by atoms with Crippen molar-refractivity contribution in [2.24, 2.45) is 0 Å². The third kappa shape index (κ3) is 2.54. The van der Waals surface area contributed by atoms with Crippen molar-refractivity contribution in [3.05, 3.63) is 32.6 Å². The van der Waals surface area contributed by atoms with E-state index in [0.717, 1.165) is 4.57 Å². The highest BCUT2D eigenvalue weighted by molar-refractivity contribution is 5.06. The molecule has 3 N–H and O–H groups in total. The maximum Gasteiger partial charge on any atom is 0.330 e. The maximum atomic E-state index is 14.0. The van der Waals surface area contributed by atoms with Crippen molar-refractivity contribution in [3.63, 3.8) is 0 Å². The highest BCUT2D eigenvalue weighted by Crippen LogP contribution is 2.30. The zero-order chi connectivity index (χ0) is 14.9. The average Bonchev–Trinajstić information content (AvgIpc) is 2.70. The molecule has 1 aromatic rings. The summed E-state index contributed by atoms with van der Waals surface area (Å²) in [6, 6.07) is 0. The smallest absolute Gasteiger partial charge is 0.330 e. The van der Waals surface area contributed by atoms with Crippen LogP contribution in [0.4, 0.5) is 4.39 Å². The number of nitrogens with zero attached hydrogens (tertiary/aromatic N) is 1. The van der Waals surface area contributed by atoms with Crippen LogP contribution in [0.3, 0.4) is 0 Å². The topological polar surface area (TPSA) is 105 Å². The lowest BCUT2D eigenvalue weighted by molar-refractivity contribution is -0.0492. The van der Waals surface area contributed by atoms with Gasteiger partial charge < -0.3 is 14.9 Å². The molecule has 0 aliphatic carbocycles. The van der Waals surface area contributed by atoms with Gasteiger partial charge in [-0.1, -0.05) is 13.3 Å². The van der Waals surface area contributed by atoms with Gasteiger partial charge in [0.2, 0.25) is 0 Å². The molecule has 7 nitrogen and oxygen atoms in total. The zero-order valence-electron chi connectivity index (χ0n) is 11.0. The molecule has 1 aromatic heterocycles. The van der Waals surface area contributed by atoms with E-state index >= 15 is 0 Å². The van der Waals surface area contributed by atoms with Gasteiger partial charge in [-0.25, -0.2) is 9.18 Å². The summed E-state index contributed by atoms with van der Waals surface area (Å²) in [4.78, 5) is 25.4. The second-order valence-corrected chi connectivity index (χ2v) is 4.75. The highest BCUT2D eigenvalue weighted by atomic mass is 19.1. The number of hydrogen-bond acceptors (Lipinski definition) is 5. The number of aliphatic hydroxyl groups excluding tert-OH is 2. The molecule has 8 heteroatoms. The molecule has 112 valence electrons. The zero-order valence-corrected chi connectivity index (χ0v) is 11.0. The van der Waals surface area contributed by atoms with E-state index in [4.69, 9.17) is 9.84 Å². The first-order valence-electron chi connectivity index (χ1n) is 6.42. The molecule has 0 bridgehead atoms. The standard InChI is InChI=1S/C12H17FN2O5/c1-2-3-6-4-15(12(19)14-10(6)18)11-8(13)9(17)7(5-16)20-11/h4,7-9,11,16-17H,2-3,5H2,1H3,(H,14,18,19)/t7-,8?,9-,11-/m0/s1. The van der Waals surface area contributed by atoms with Gasteiger partial charge in [-0.15, -0.1) is 0 Å². The number of rotatable bonds is 4. The minimum Gasteiger partial charge on any atom is -0.394 e. The lowest BCUT2D eigenvalue weighted by Gasteiger charge is -2.16. The number of aromatic nitrogens is 2. The van der Waals surface area contributed by atoms with Crippen molar-refractivity contribution in [3.8, 4) is 0 Å². The summed E-state index contributed by atoms with van der Waals surface area (Å²) in [5.74, 6) is 0. The Morgan fingerprint density at radius 3 is 2.75 bits per heavy atom. The van der Waals surface area contributed by atoms with E-state index in [2.05, 4.69) is 4.98 Å². The van der Waals surface area contributed by atoms with Gasteiger partial charge in [0.05, 0.1) is 6.61 Å². The summed E-state index contributed by atoms with van der Waals surface area (Å²) in [6.07, 6.45) is -3.46. The Bertz CT molecular complexity index is 584. The van der Waals surface area contributed by atoms with Gasteiger partial charge in [0, 0.05) is 11.8 Å². The largest absolute Gasteiger partial charge is 0.394 e. The molecule has 4 atom stereocenters. The number of ether oxygens (including phenoxy) is 1. The van der Waals surface area contributed by atoms with Crippen molar-refractivity contribution in [1.82, 2.24) is 9.55 Å². The monoisotopic (exact) mass is 288 g/mol. The Kier molecular flexibility index (Phi) is 4.36. The summed E-state index contributed by atoms with van der Waals surface area (Å²) in [5.41, 5.74) is -0.987. The van der Waals surface area contributed by atoms with E-state index in [9.17, 15) is 19.1 Å². The van der Waals surface area contributed by atoms with Crippen LogP contribution < -0.4 is 11.2 Å². The summed E-state index contributed by atoms with van der Waals surface area (Å²) in [6.45, 7) is 1.31. The second-order valence-electron chi connectivity index (χ2n) is 4.75. The van der Waals surface area contributed by atoms with Crippen LogP contribution in [0, 0.1) is 0 Å². The van der Waals surface area contributed by atoms with E-state index < -0.39 is 42.5 Å². The molecule has 1 aliphatic rings. The van der Waals surface area contributed by atoms with E-state index in [1.165, 1.54) is 6.20 Å². The Hall–Kier alpha value is -1.51. The predicted molar refractivity (Wildman–Crippen MR) is 67.2 cm³/mol. The number of alkyl halides is 1. The van der Waals surface area contributed by atoms with Gasteiger partial charge in [0.1, 0.15) is 12.2 Å². The first kappa shape index (κ1) is 14.9. The van der Waals surface area contributed by atoms with Crippen molar-refractivity contribution < 1.29 is 19.3 Å². The number of aromatic amines is 1. The second kappa shape index (κ2) is 5.86. The molecule has 0 radical (unpaired) electrons. The van der Waals surface area contributed by atoms with Gasteiger partial charge in [-0.3, -0.25) is 14.3 Å². The van der Waals surface area contributed by atoms with Gasteiger partial charge in [-0.2, -0.15) is 0 Å². The van der Waals surface area contributed by atoms with Gasteiger partial charge in [0.15, 0.2) is 12.4 Å². The Balaban J connectivity index is 2.40. The van der Waals surface area contributed by atoms with Crippen LogP contribution in [-0.4, -0.2) is 44.8 Å². The molecule has 20 heavy (non-hydrogen) atoms. The molecule has 0 amide bonds. The Labute approximate surface area is 113 Å². The average molecular weight is 288 g/mol. The Morgan fingerprint density at radius 1 is 1.50 bits per heavy atom. The van der Waals surface area contributed by atoms with Crippen LogP contribution >= 0.6 is 0 Å². The SMILES string of the molecule is CCCc1cn([C@H]2O[C@@H](CO)[C@H](O)C2F)c(=O)[nH]c1=O. The van der Waals surface area contributed by atoms with Crippen LogP contribution in [0.2, 0.25) is 0 Å². The van der Waals surface area contributed by atoms with Crippen molar-refractivity contribution >= 4 is 0 Å². The first-order chi connectivity index (χ1) is 9.49. The minimum absolute atomic E-state index is 0.338. The fraction of sp³-hybridized carbons (Fsp3) is 0.667. The van der Waals surface area contributed by atoms with Crippen LogP contribution in [-0.2, 0) is 11.2 Å². The van der Waals surface area contributed by atoms with Crippen molar-refractivity contribution in [1.29, 1.82) is 0 Å². The van der Waals surface area contributed by atoms with E-state index in [1.54, 1.807) is 0 Å². The molecule has 1 aliphatic heterocycles. The van der Waals surface area contributed by atoms with Crippen LogP contribution in [0.15, 0.2) is 15.8 Å². The lowest BCUT2D eigenvalue weighted by Crippen LogP contribution is -2.37. The quantitative estimate of drug-likeness (QED) is 0.664. The van der Waals surface area contributed by atoms with E-state index in [1.807, 2.05) is 6.92 Å². The summed E-state index contributed by atoms with van der Waals surface area (Å²) in [7, 11) is 0. The predicted octanol–water partition coefficient (Wildman–Crippen LogP) is -0.922. The maximum absolute atomic E-state index is 14.0. The third-order valence-electron chi connectivity index (χ3n) is 3.31. The first-order valence-corrected chi connectivity index (χ1v) is 6.42. The molecule has 1 unspecified atom stereocenters. The fourth-order valence-corrected chi connectivity index (χ4v) is 2.24. The number of halogens is 1. The normalized spacial score (nSPS) is 29.8. The minimum atomic E-state index is -1.86. The number of nitrogens with one attached hydrogen (secondary N) is 1. The number of aliphatic hydroxyl groups is 2. The molecule has 0 spiro atoms. The summed E-state index contributed by atoms with van der Waals surface area (Å²) < 4.78 is 20.0. The van der Waals surface area contributed by atoms with Crippen molar-refractivity contribution in [2.75, 3.05) is 6.61 Å². The van der Waals surface area contributed by atoms with E-state index in [-0.39, 0.29) is 0 Å². The van der Waals surface area contributed by atoms with Gasteiger partial charge in [-0.05, 0) is 6.42 Å². The van der Waals surface area contributed by atoms with E-state index in [0.29, 0.717) is 18.4 Å². The van der Waals surface area contributed by atoms with Crippen LogP contribution in [0.5, 0.6) is 0 Å². The molecular formula is C12H17FN2O5. The summed E-state index contributed by atoms with van der Waals surface area (Å²) >= 11 is 0. The van der Waals surface area contributed by atoms with Crippen LogP contribution in [0.1, 0.15) is 25.1 Å². The number of hydrogen-bond donors (Lipinski definition) is 3. The molecule has 2 heterocycles. The van der Waals surface area contributed by atoms with Gasteiger partial charge >= 0.3 is 5.69 Å². The number of aryl methyl sites for hydroxylation is 1. The molecular weight excluding hydrogens is 271 g/mol. The van der Waals surface area contributed by atoms with Gasteiger partial charge in [0.25, 0.3) is 5.56 Å². The summed E-state index contributed by atoms with van der Waals surface area (Å²) in [5, 5.41) is 18.5. The lowest BCUT2D eigenvalue weighted by atomic mass is 10.1. The molecule has 0 aromatic carbocycles. The van der Waals surface area contributed by atoms with Crippen molar-refractivity contribution in [2.45, 2.75) is 44.4 Å². The molecule has 1 fully saturated rings. The number of H-pyrrole nitrogens is 1. The molecule has 0 saturated carbocycles. The molecule has 1 saturated heterocycles. The molecule has 2 rings (SSSR count).